The number of nitrogens with zero attached hydrogens (tertiary/aromatic N) is 1. The Morgan fingerprint density at radius 2 is 1.85 bits per heavy atom. The lowest BCUT2D eigenvalue weighted by atomic mass is 10.2. The molecule has 138 valence electrons. The average Bonchev–Trinajstić information content (AvgIpc) is 2.62. The minimum atomic E-state index is -3.98. The van der Waals surface area contributed by atoms with Crippen molar-refractivity contribution in [1.29, 1.82) is 0 Å². The van der Waals surface area contributed by atoms with Crippen molar-refractivity contribution in [3.8, 4) is 0 Å². The molecule has 0 aliphatic carbocycles. The number of sulfonamides is 1. The average molecular weight is 414 g/mol. The second-order valence-electron chi connectivity index (χ2n) is 5.17. The second kappa shape index (κ2) is 8.58. The number of anilines is 1. The van der Waals surface area contributed by atoms with Crippen molar-refractivity contribution in [3.63, 3.8) is 0 Å². The van der Waals surface area contributed by atoms with Crippen molar-refractivity contribution in [3.05, 3.63) is 70.7 Å². The number of halogens is 2. The van der Waals surface area contributed by atoms with Gasteiger partial charge in [0.05, 0.1) is 29.4 Å². The lowest BCUT2D eigenvalue weighted by Crippen LogP contribution is -2.31. The first-order chi connectivity index (χ1) is 12.3. The number of rotatable bonds is 7. The first kappa shape index (κ1) is 20.3. The highest BCUT2D eigenvalue weighted by molar-refractivity contribution is 7.93. The third-order valence-corrected chi connectivity index (χ3v) is 5.93. The van der Waals surface area contributed by atoms with E-state index < -0.39 is 16.0 Å². The Labute approximate surface area is 162 Å². The molecule has 0 aromatic heterocycles. The Bertz CT molecular complexity index is 911. The highest BCUT2D eigenvalue weighted by atomic mass is 35.5. The van der Waals surface area contributed by atoms with E-state index in [2.05, 4.69) is 6.58 Å². The molecular weight excluding hydrogens is 397 g/mol. The van der Waals surface area contributed by atoms with Gasteiger partial charge < -0.3 is 4.74 Å². The molecule has 0 fully saturated rings. The van der Waals surface area contributed by atoms with E-state index >= 15 is 0 Å². The van der Waals surface area contributed by atoms with Gasteiger partial charge in [0.15, 0.2) is 0 Å². The van der Waals surface area contributed by atoms with E-state index in [4.69, 9.17) is 27.9 Å². The van der Waals surface area contributed by atoms with E-state index in [0.29, 0.717) is 11.3 Å². The summed E-state index contributed by atoms with van der Waals surface area (Å²) >= 11 is 12.0. The van der Waals surface area contributed by atoms with Crippen LogP contribution in [0.4, 0.5) is 5.69 Å². The van der Waals surface area contributed by atoms with Crippen molar-refractivity contribution < 1.29 is 17.9 Å². The number of carbonyl (C=O) groups excluding carboxylic acids is 1. The van der Waals surface area contributed by atoms with Crippen LogP contribution >= 0.6 is 23.2 Å². The van der Waals surface area contributed by atoms with E-state index in [1.54, 1.807) is 6.92 Å². The van der Waals surface area contributed by atoms with Crippen molar-refractivity contribution in [1.82, 2.24) is 0 Å². The van der Waals surface area contributed by atoms with Crippen molar-refractivity contribution in [2.75, 3.05) is 17.5 Å². The van der Waals surface area contributed by atoms with Crippen LogP contribution in [0.3, 0.4) is 0 Å². The molecule has 5 nitrogen and oxygen atoms in total. The molecule has 2 aromatic carbocycles. The summed E-state index contributed by atoms with van der Waals surface area (Å²) in [5, 5.41) is 0.316. The Morgan fingerprint density at radius 3 is 2.42 bits per heavy atom. The van der Waals surface area contributed by atoms with Gasteiger partial charge >= 0.3 is 5.97 Å². The van der Waals surface area contributed by atoms with Gasteiger partial charge in [-0.05, 0) is 49.4 Å². The molecule has 0 heterocycles. The Hall–Kier alpha value is -2.02. The Kier molecular flexibility index (Phi) is 6.69. The van der Waals surface area contributed by atoms with Crippen LogP contribution in [0.5, 0.6) is 0 Å². The summed E-state index contributed by atoms with van der Waals surface area (Å²) in [6, 6.07) is 10.3. The van der Waals surface area contributed by atoms with Gasteiger partial charge in [-0.25, -0.2) is 13.2 Å². The SMILES string of the molecule is C=CCN(c1ccc(C(=O)OCC)cc1)S(=O)(=O)c1cc(Cl)ccc1Cl. The van der Waals surface area contributed by atoms with Crippen molar-refractivity contribution in [2.45, 2.75) is 11.8 Å². The van der Waals surface area contributed by atoms with Gasteiger partial charge in [-0.2, -0.15) is 0 Å². The van der Waals surface area contributed by atoms with Crippen molar-refractivity contribution in [2.24, 2.45) is 0 Å². The fourth-order valence-electron chi connectivity index (χ4n) is 2.23. The number of hydrogen-bond acceptors (Lipinski definition) is 4. The number of hydrogen-bond donors (Lipinski definition) is 0. The monoisotopic (exact) mass is 413 g/mol. The zero-order valence-corrected chi connectivity index (χ0v) is 16.3. The quantitative estimate of drug-likeness (QED) is 0.493. The Morgan fingerprint density at radius 1 is 1.19 bits per heavy atom. The minimum Gasteiger partial charge on any atom is -0.462 e. The molecule has 0 saturated heterocycles. The van der Waals surface area contributed by atoms with E-state index in [1.165, 1.54) is 48.5 Å². The molecule has 2 aromatic rings. The summed E-state index contributed by atoms with van der Waals surface area (Å²) < 4.78 is 32.2. The van der Waals surface area contributed by atoms with Gasteiger partial charge in [-0.3, -0.25) is 4.31 Å². The van der Waals surface area contributed by atoms with Gasteiger partial charge in [0, 0.05) is 5.02 Å². The maximum atomic E-state index is 13.1. The lowest BCUT2D eigenvalue weighted by Gasteiger charge is -2.24. The first-order valence-corrected chi connectivity index (χ1v) is 9.86. The number of ether oxygens (including phenoxy) is 1. The van der Waals surface area contributed by atoms with Crippen LogP contribution in [0.25, 0.3) is 0 Å². The van der Waals surface area contributed by atoms with Crippen LogP contribution < -0.4 is 4.31 Å². The summed E-state index contributed by atoms with van der Waals surface area (Å²) in [5.74, 6) is -0.477. The standard InChI is InChI=1S/C18H17Cl2NO4S/c1-3-11-21(15-8-5-13(6-9-15)18(22)25-4-2)26(23,24)17-12-14(19)7-10-16(17)20/h3,5-10,12H,1,4,11H2,2H3. The molecule has 26 heavy (non-hydrogen) atoms. The number of esters is 1. The molecular formula is C18H17Cl2NO4S. The molecule has 0 amide bonds. The smallest absolute Gasteiger partial charge is 0.338 e. The fraction of sp³-hybridized carbons (Fsp3) is 0.167. The van der Waals surface area contributed by atoms with E-state index in [1.807, 2.05) is 0 Å². The number of carbonyl (C=O) groups is 1. The third kappa shape index (κ3) is 4.38. The minimum absolute atomic E-state index is 0.0178. The van der Waals surface area contributed by atoms with Gasteiger partial charge in [-0.1, -0.05) is 29.3 Å². The molecule has 0 radical (unpaired) electrons. The predicted molar refractivity (Wildman–Crippen MR) is 104 cm³/mol. The molecule has 0 spiro atoms. The normalized spacial score (nSPS) is 11.0. The van der Waals surface area contributed by atoms with Gasteiger partial charge in [-0.15, -0.1) is 6.58 Å². The van der Waals surface area contributed by atoms with Crippen LogP contribution in [-0.2, 0) is 14.8 Å². The van der Waals surface area contributed by atoms with Crippen LogP contribution in [-0.4, -0.2) is 27.5 Å². The molecule has 0 unspecified atom stereocenters. The molecule has 0 aliphatic rings. The maximum Gasteiger partial charge on any atom is 0.338 e. The molecule has 0 N–H and O–H groups in total. The molecule has 2 rings (SSSR count). The lowest BCUT2D eigenvalue weighted by molar-refractivity contribution is 0.0526. The maximum absolute atomic E-state index is 13.1. The van der Waals surface area contributed by atoms with Crippen molar-refractivity contribution >= 4 is 44.9 Å². The van der Waals surface area contributed by atoms with Gasteiger partial charge in [0.2, 0.25) is 0 Å². The van der Waals surface area contributed by atoms with E-state index in [-0.39, 0.29) is 28.1 Å². The largest absolute Gasteiger partial charge is 0.462 e. The summed E-state index contributed by atoms with van der Waals surface area (Å²) in [6.07, 6.45) is 1.45. The fourth-order valence-corrected chi connectivity index (χ4v) is 4.41. The summed E-state index contributed by atoms with van der Waals surface area (Å²) in [7, 11) is -3.98. The van der Waals surface area contributed by atoms with Gasteiger partial charge in [0.1, 0.15) is 4.90 Å². The van der Waals surface area contributed by atoms with Crippen LogP contribution in [0.15, 0.2) is 60.0 Å². The topological polar surface area (TPSA) is 63.7 Å². The zero-order valence-electron chi connectivity index (χ0n) is 14.0. The van der Waals surface area contributed by atoms with E-state index in [9.17, 15) is 13.2 Å². The summed E-state index contributed by atoms with van der Waals surface area (Å²) in [5.41, 5.74) is 0.682. The summed E-state index contributed by atoms with van der Waals surface area (Å²) in [6.45, 7) is 5.58. The zero-order chi connectivity index (χ0) is 19.3. The molecule has 8 heteroatoms. The molecule has 0 atom stereocenters. The second-order valence-corrected chi connectivity index (χ2v) is 7.84. The molecule has 0 saturated carbocycles. The first-order valence-electron chi connectivity index (χ1n) is 7.67. The summed E-state index contributed by atoms with van der Waals surface area (Å²) in [4.78, 5) is 11.6. The highest BCUT2D eigenvalue weighted by Gasteiger charge is 2.27. The third-order valence-electron chi connectivity index (χ3n) is 3.42. The van der Waals surface area contributed by atoms with E-state index in [0.717, 1.165) is 4.31 Å². The van der Waals surface area contributed by atoms with Crippen LogP contribution in [0, 0.1) is 0 Å². The Balaban J connectivity index is 2.46. The highest BCUT2D eigenvalue weighted by Crippen LogP contribution is 2.30. The predicted octanol–water partition coefficient (Wildman–Crippen LogP) is 4.55. The number of benzene rings is 2. The van der Waals surface area contributed by atoms with Gasteiger partial charge in [0.25, 0.3) is 10.0 Å². The van der Waals surface area contributed by atoms with Crippen LogP contribution in [0.1, 0.15) is 17.3 Å². The molecule has 0 bridgehead atoms. The van der Waals surface area contributed by atoms with Crippen LogP contribution in [0.2, 0.25) is 10.0 Å². The molecule has 0 aliphatic heterocycles.